The number of benzene rings is 1. The Balaban J connectivity index is 1.48. The summed E-state index contributed by atoms with van der Waals surface area (Å²) in [6.07, 6.45) is 2.32. The van der Waals surface area contributed by atoms with E-state index in [0.29, 0.717) is 5.92 Å². The van der Waals surface area contributed by atoms with Crippen LogP contribution in [-0.4, -0.2) is 69.4 Å². The number of hydrogen-bond donors (Lipinski definition) is 0. The van der Waals surface area contributed by atoms with Crippen molar-refractivity contribution in [3.63, 3.8) is 0 Å². The van der Waals surface area contributed by atoms with Gasteiger partial charge < -0.3 is 14.4 Å². The van der Waals surface area contributed by atoms with E-state index < -0.39 is 0 Å². The summed E-state index contributed by atoms with van der Waals surface area (Å²) in [6, 6.07) is 8.51. The first kappa shape index (κ1) is 15.8. The molecule has 0 radical (unpaired) electrons. The van der Waals surface area contributed by atoms with Gasteiger partial charge in [-0.25, -0.2) is 0 Å². The minimum atomic E-state index is 0.717. The van der Waals surface area contributed by atoms with Crippen molar-refractivity contribution >= 4 is 0 Å². The zero-order valence-electron chi connectivity index (χ0n) is 13.7. The predicted octanol–water partition coefficient (Wildman–Crippen LogP) is 1.89. The molecule has 1 aromatic rings. The summed E-state index contributed by atoms with van der Waals surface area (Å²) in [5.74, 6) is 1.81. The Morgan fingerprint density at radius 3 is 2.73 bits per heavy atom. The minimum absolute atomic E-state index is 0.717. The molecule has 1 aromatic carbocycles. The summed E-state index contributed by atoms with van der Waals surface area (Å²) in [4.78, 5) is 5.13. The number of piperazine rings is 1. The summed E-state index contributed by atoms with van der Waals surface area (Å²) in [5.41, 5.74) is 1.38. The fourth-order valence-corrected chi connectivity index (χ4v) is 3.50. The van der Waals surface area contributed by atoms with Crippen LogP contribution in [0.1, 0.15) is 12.0 Å². The number of para-hydroxylation sites is 1. The van der Waals surface area contributed by atoms with Crippen LogP contribution in [-0.2, 0) is 11.2 Å². The Hall–Kier alpha value is -1.10. The Morgan fingerprint density at radius 2 is 1.91 bits per heavy atom. The van der Waals surface area contributed by atoms with Gasteiger partial charge in [-0.05, 0) is 30.4 Å². The molecule has 4 nitrogen and oxygen atoms in total. The van der Waals surface area contributed by atoms with E-state index >= 15 is 0 Å². The fraction of sp³-hybridized carbons (Fsp3) is 0.667. The molecular weight excluding hydrogens is 276 g/mol. The molecular formula is C18H28N2O2. The molecule has 0 spiro atoms. The third kappa shape index (κ3) is 4.22. The van der Waals surface area contributed by atoms with Gasteiger partial charge in [0.15, 0.2) is 0 Å². The average Bonchev–Trinajstić information content (AvgIpc) is 2.76. The molecule has 2 heterocycles. The molecule has 1 atom stereocenters. The highest BCUT2D eigenvalue weighted by Gasteiger charge is 2.22. The van der Waals surface area contributed by atoms with Crippen LogP contribution >= 0.6 is 0 Å². The maximum Gasteiger partial charge on any atom is 0.122 e. The van der Waals surface area contributed by atoms with Crippen LogP contribution in [0.3, 0.4) is 0 Å². The van der Waals surface area contributed by atoms with Crippen LogP contribution in [0.25, 0.3) is 0 Å². The number of hydrogen-bond acceptors (Lipinski definition) is 4. The molecule has 2 aliphatic heterocycles. The van der Waals surface area contributed by atoms with Gasteiger partial charge in [-0.3, -0.25) is 4.90 Å². The first-order chi connectivity index (χ1) is 10.8. The Kier molecular flexibility index (Phi) is 5.70. The summed E-state index contributed by atoms with van der Waals surface area (Å²) in [7, 11) is 1.78. The largest absolute Gasteiger partial charge is 0.493 e. The third-order valence-corrected chi connectivity index (χ3v) is 4.86. The molecule has 0 aromatic heterocycles. The Bertz CT molecular complexity index is 458. The molecule has 0 bridgehead atoms. The molecule has 0 saturated carbocycles. The van der Waals surface area contributed by atoms with Gasteiger partial charge in [0.2, 0.25) is 0 Å². The number of nitrogens with zero attached hydrogens (tertiary/aromatic N) is 2. The van der Waals surface area contributed by atoms with Crippen LogP contribution in [0.2, 0.25) is 0 Å². The van der Waals surface area contributed by atoms with E-state index in [-0.39, 0.29) is 0 Å². The summed E-state index contributed by atoms with van der Waals surface area (Å²) in [5, 5.41) is 0. The van der Waals surface area contributed by atoms with Gasteiger partial charge in [-0.15, -0.1) is 0 Å². The van der Waals surface area contributed by atoms with Crippen molar-refractivity contribution in [1.82, 2.24) is 9.80 Å². The normalized spacial score (nSPS) is 23.6. The lowest BCUT2D eigenvalue weighted by molar-refractivity contribution is 0.0872. The van der Waals surface area contributed by atoms with Gasteiger partial charge in [0.1, 0.15) is 5.75 Å². The van der Waals surface area contributed by atoms with Crippen molar-refractivity contribution in [1.29, 1.82) is 0 Å². The molecule has 1 unspecified atom stereocenters. The second-order valence-electron chi connectivity index (χ2n) is 6.45. The number of ether oxygens (including phenoxy) is 2. The third-order valence-electron chi connectivity index (χ3n) is 4.86. The van der Waals surface area contributed by atoms with E-state index in [1.807, 2.05) is 0 Å². The van der Waals surface area contributed by atoms with Gasteiger partial charge >= 0.3 is 0 Å². The lowest BCUT2D eigenvalue weighted by Crippen LogP contribution is -2.48. The SMILES string of the molecule is COCCN1CCN(CC2CCOc3ccccc3C2)CC1. The van der Waals surface area contributed by atoms with E-state index in [1.165, 1.54) is 44.7 Å². The first-order valence-electron chi connectivity index (χ1n) is 8.49. The van der Waals surface area contributed by atoms with Gasteiger partial charge in [-0.1, -0.05) is 18.2 Å². The van der Waals surface area contributed by atoms with Crippen molar-refractivity contribution in [2.75, 3.05) is 59.6 Å². The fourth-order valence-electron chi connectivity index (χ4n) is 3.50. The number of fused-ring (bicyclic) bond motifs is 1. The van der Waals surface area contributed by atoms with Crippen molar-refractivity contribution < 1.29 is 9.47 Å². The van der Waals surface area contributed by atoms with E-state index in [4.69, 9.17) is 9.47 Å². The van der Waals surface area contributed by atoms with Crippen LogP contribution in [0, 0.1) is 5.92 Å². The predicted molar refractivity (Wildman–Crippen MR) is 88.5 cm³/mol. The molecule has 0 aliphatic carbocycles. The van der Waals surface area contributed by atoms with E-state index in [2.05, 4.69) is 34.1 Å². The molecule has 122 valence electrons. The zero-order chi connectivity index (χ0) is 15.2. The highest BCUT2D eigenvalue weighted by molar-refractivity contribution is 5.34. The highest BCUT2D eigenvalue weighted by atomic mass is 16.5. The summed E-state index contributed by atoms with van der Waals surface area (Å²) < 4.78 is 11.1. The second kappa shape index (κ2) is 7.95. The van der Waals surface area contributed by atoms with Crippen molar-refractivity contribution in [2.24, 2.45) is 5.92 Å². The number of rotatable bonds is 5. The zero-order valence-corrected chi connectivity index (χ0v) is 13.7. The first-order valence-corrected chi connectivity index (χ1v) is 8.49. The van der Waals surface area contributed by atoms with Crippen molar-refractivity contribution in [3.05, 3.63) is 29.8 Å². The van der Waals surface area contributed by atoms with E-state index in [9.17, 15) is 0 Å². The molecule has 0 amide bonds. The van der Waals surface area contributed by atoms with Crippen molar-refractivity contribution in [3.8, 4) is 5.75 Å². The van der Waals surface area contributed by atoms with Crippen LogP contribution in [0.4, 0.5) is 0 Å². The molecule has 22 heavy (non-hydrogen) atoms. The maximum atomic E-state index is 5.89. The van der Waals surface area contributed by atoms with Crippen LogP contribution in [0.15, 0.2) is 24.3 Å². The highest BCUT2D eigenvalue weighted by Crippen LogP contribution is 2.27. The molecule has 4 heteroatoms. The summed E-state index contributed by atoms with van der Waals surface area (Å²) >= 11 is 0. The summed E-state index contributed by atoms with van der Waals surface area (Å²) in [6.45, 7) is 8.68. The molecule has 1 fully saturated rings. The Morgan fingerprint density at radius 1 is 1.14 bits per heavy atom. The maximum absolute atomic E-state index is 5.89. The average molecular weight is 304 g/mol. The monoisotopic (exact) mass is 304 g/mol. The van der Waals surface area contributed by atoms with Gasteiger partial charge in [0, 0.05) is 46.4 Å². The lowest BCUT2D eigenvalue weighted by Gasteiger charge is -2.36. The molecule has 1 saturated heterocycles. The molecule has 2 aliphatic rings. The van der Waals surface area contributed by atoms with Gasteiger partial charge in [-0.2, -0.15) is 0 Å². The molecule has 3 rings (SSSR count). The number of methoxy groups -OCH3 is 1. The Labute approximate surface area is 134 Å². The van der Waals surface area contributed by atoms with E-state index in [0.717, 1.165) is 31.9 Å². The quantitative estimate of drug-likeness (QED) is 0.829. The van der Waals surface area contributed by atoms with Gasteiger partial charge in [0.25, 0.3) is 0 Å². The standard InChI is InChI=1S/C18H28N2O2/c1-21-13-11-19-7-9-20(10-8-19)15-16-6-12-22-18-5-3-2-4-17(18)14-16/h2-5,16H,6-15H2,1H3. The van der Waals surface area contributed by atoms with Gasteiger partial charge in [0.05, 0.1) is 13.2 Å². The lowest BCUT2D eigenvalue weighted by atomic mass is 9.96. The van der Waals surface area contributed by atoms with Crippen LogP contribution in [0.5, 0.6) is 5.75 Å². The van der Waals surface area contributed by atoms with Crippen molar-refractivity contribution in [2.45, 2.75) is 12.8 Å². The smallest absolute Gasteiger partial charge is 0.122 e. The van der Waals surface area contributed by atoms with E-state index in [1.54, 1.807) is 7.11 Å². The minimum Gasteiger partial charge on any atom is -0.493 e. The second-order valence-corrected chi connectivity index (χ2v) is 6.45. The molecule has 0 N–H and O–H groups in total. The topological polar surface area (TPSA) is 24.9 Å². The van der Waals surface area contributed by atoms with Crippen LogP contribution < -0.4 is 4.74 Å².